The van der Waals surface area contributed by atoms with Crippen molar-refractivity contribution in [2.45, 2.75) is 42.3 Å². The number of hydrogen-bond acceptors (Lipinski definition) is 3. The third-order valence-corrected chi connectivity index (χ3v) is 4.80. The Labute approximate surface area is 132 Å². The minimum atomic E-state index is 0.760. The second-order valence-electron chi connectivity index (χ2n) is 5.16. The second-order valence-corrected chi connectivity index (χ2v) is 7.17. The van der Waals surface area contributed by atoms with E-state index in [4.69, 9.17) is 0 Å². The van der Waals surface area contributed by atoms with Crippen LogP contribution >= 0.6 is 27.7 Å². The Kier molecular flexibility index (Phi) is 4.44. The van der Waals surface area contributed by atoms with Gasteiger partial charge in [-0.1, -0.05) is 17.8 Å². The molecule has 20 heavy (non-hydrogen) atoms. The standard InChI is InChI=1S/C16H17BrN2S/c1-11-8-15(20-16-7-3-13(17)10-19-16)6-2-12(11)9-18-14-4-5-14/h2-3,6-8,10,14,18H,4-5,9H2,1H3. The smallest absolute Gasteiger partial charge is 0.101 e. The zero-order valence-electron chi connectivity index (χ0n) is 11.4. The summed E-state index contributed by atoms with van der Waals surface area (Å²) in [6.45, 7) is 3.17. The summed E-state index contributed by atoms with van der Waals surface area (Å²) in [4.78, 5) is 5.64. The van der Waals surface area contributed by atoms with Crippen LogP contribution in [0.2, 0.25) is 0 Å². The number of nitrogens with one attached hydrogen (secondary N) is 1. The lowest BCUT2D eigenvalue weighted by molar-refractivity contribution is 0.685. The molecule has 0 amide bonds. The Morgan fingerprint density at radius 3 is 2.80 bits per heavy atom. The van der Waals surface area contributed by atoms with Crippen molar-refractivity contribution in [2.75, 3.05) is 0 Å². The summed E-state index contributed by atoms with van der Waals surface area (Å²) in [5, 5.41) is 4.59. The molecular formula is C16H17BrN2S. The van der Waals surface area contributed by atoms with Gasteiger partial charge in [-0.25, -0.2) is 4.98 Å². The first-order valence-corrected chi connectivity index (χ1v) is 8.44. The van der Waals surface area contributed by atoms with E-state index in [1.165, 1.54) is 28.9 Å². The molecule has 1 fully saturated rings. The zero-order valence-corrected chi connectivity index (χ0v) is 13.8. The monoisotopic (exact) mass is 348 g/mol. The van der Waals surface area contributed by atoms with Crippen molar-refractivity contribution in [3.05, 3.63) is 52.1 Å². The van der Waals surface area contributed by atoms with Crippen LogP contribution in [0.25, 0.3) is 0 Å². The third-order valence-electron chi connectivity index (χ3n) is 3.40. The van der Waals surface area contributed by atoms with Gasteiger partial charge in [-0.3, -0.25) is 0 Å². The van der Waals surface area contributed by atoms with Crippen LogP contribution in [0.4, 0.5) is 0 Å². The van der Waals surface area contributed by atoms with E-state index in [0.29, 0.717) is 0 Å². The molecular weight excluding hydrogens is 332 g/mol. The molecule has 0 atom stereocenters. The molecule has 1 saturated carbocycles. The highest BCUT2D eigenvalue weighted by molar-refractivity contribution is 9.10. The van der Waals surface area contributed by atoms with Crippen molar-refractivity contribution >= 4 is 27.7 Å². The minimum absolute atomic E-state index is 0.760. The maximum atomic E-state index is 4.40. The summed E-state index contributed by atoms with van der Waals surface area (Å²) >= 11 is 5.11. The van der Waals surface area contributed by atoms with Crippen molar-refractivity contribution < 1.29 is 0 Å². The molecule has 1 heterocycles. The molecule has 1 aliphatic rings. The maximum Gasteiger partial charge on any atom is 0.101 e. The van der Waals surface area contributed by atoms with Crippen molar-refractivity contribution in [3.8, 4) is 0 Å². The van der Waals surface area contributed by atoms with E-state index in [1.54, 1.807) is 11.8 Å². The van der Waals surface area contributed by atoms with E-state index in [-0.39, 0.29) is 0 Å². The summed E-state index contributed by atoms with van der Waals surface area (Å²) in [6.07, 6.45) is 4.51. The van der Waals surface area contributed by atoms with Gasteiger partial charge in [-0.2, -0.15) is 0 Å². The van der Waals surface area contributed by atoms with Crippen LogP contribution in [0.1, 0.15) is 24.0 Å². The van der Waals surface area contributed by atoms with Gasteiger partial charge in [0.2, 0.25) is 0 Å². The van der Waals surface area contributed by atoms with Crippen molar-refractivity contribution in [2.24, 2.45) is 0 Å². The average Bonchev–Trinajstić information content (AvgIpc) is 3.25. The summed E-state index contributed by atoms with van der Waals surface area (Å²) in [6, 6.07) is 11.5. The number of aryl methyl sites for hydroxylation is 1. The Hall–Kier alpha value is -0.840. The lowest BCUT2D eigenvalue weighted by Gasteiger charge is -2.09. The second kappa shape index (κ2) is 6.29. The Bertz CT molecular complexity index is 594. The van der Waals surface area contributed by atoms with Gasteiger partial charge >= 0.3 is 0 Å². The molecule has 2 aromatic rings. The number of pyridine rings is 1. The van der Waals surface area contributed by atoms with Gasteiger partial charge in [0, 0.05) is 28.2 Å². The van der Waals surface area contributed by atoms with Crippen LogP contribution in [0, 0.1) is 6.92 Å². The molecule has 0 aliphatic heterocycles. The highest BCUT2D eigenvalue weighted by Crippen LogP contribution is 2.28. The molecule has 104 valence electrons. The molecule has 0 unspecified atom stereocenters. The Balaban J connectivity index is 1.67. The topological polar surface area (TPSA) is 24.9 Å². The van der Waals surface area contributed by atoms with Crippen molar-refractivity contribution in [1.82, 2.24) is 10.3 Å². The number of rotatable bonds is 5. The Morgan fingerprint density at radius 1 is 1.30 bits per heavy atom. The molecule has 3 rings (SSSR count). The van der Waals surface area contributed by atoms with E-state index >= 15 is 0 Å². The summed E-state index contributed by atoms with van der Waals surface area (Å²) < 4.78 is 1.01. The van der Waals surface area contributed by atoms with Gasteiger partial charge in [0.15, 0.2) is 0 Å². The van der Waals surface area contributed by atoms with E-state index in [2.05, 4.69) is 51.4 Å². The number of hydrogen-bond donors (Lipinski definition) is 1. The van der Waals surface area contributed by atoms with Crippen LogP contribution in [0.15, 0.2) is 50.9 Å². The predicted molar refractivity (Wildman–Crippen MR) is 87.1 cm³/mol. The fraction of sp³-hybridized carbons (Fsp3) is 0.312. The largest absolute Gasteiger partial charge is 0.310 e. The molecule has 1 aliphatic carbocycles. The van der Waals surface area contributed by atoms with Gasteiger partial charge < -0.3 is 5.32 Å². The SMILES string of the molecule is Cc1cc(Sc2ccc(Br)cn2)ccc1CNC1CC1. The molecule has 1 aromatic carbocycles. The molecule has 1 N–H and O–H groups in total. The van der Waals surface area contributed by atoms with Crippen LogP contribution in [-0.2, 0) is 6.54 Å². The molecule has 1 aromatic heterocycles. The fourth-order valence-corrected chi connectivity index (χ4v) is 3.10. The first-order chi connectivity index (χ1) is 9.70. The van der Waals surface area contributed by atoms with Gasteiger partial charge in [0.25, 0.3) is 0 Å². The van der Waals surface area contributed by atoms with Gasteiger partial charge in [-0.15, -0.1) is 0 Å². The molecule has 0 saturated heterocycles. The summed E-state index contributed by atoms with van der Waals surface area (Å²) in [5.74, 6) is 0. The highest BCUT2D eigenvalue weighted by Gasteiger charge is 2.20. The van der Waals surface area contributed by atoms with E-state index in [9.17, 15) is 0 Å². The molecule has 0 bridgehead atoms. The van der Waals surface area contributed by atoms with Crippen LogP contribution in [0.3, 0.4) is 0 Å². The quantitative estimate of drug-likeness (QED) is 0.857. The summed E-state index contributed by atoms with van der Waals surface area (Å²) in [7, 11) is 0. The minimum Gasteiger partial charge on any atom is -0.310 e. The normalized spacial score (nSPS) is 14.5. The average molecular weight is 349 g/mol. The first-order valence-electron chi connectivity index (χ1n) is 6.83. The zero-order chi connectivity index (χ0) is 13.9. The molecule has 0 radical (unpaired) electrons. The summed E-state index contributed by atoms with van der Waals surface area (Å²) in [5.41, 5.74) is 2.74. The van der Waals surface area contributed by atoms with Crippen LogP contribution in [0.5, 0.6) is 0 Å². The van der Waals surface area contributed by atoms with Gasteiger partial charge in [0.05, 0.1) is 0 Å². The number of halogens is 1. The molecule has 2 nitrogen and oxygen atoms in total. The molecule has 4 heteroatoms. The number of benzene rings is 1. The lowest BCUT2D eigenvalue weighted by Crippen LogP contribution is -2.15. The number of nitrogens with zero attached hydrogens (tertiary/aromatic N) is 1. The first kappa shape index (κ1) is 14.1. The van der Waals surface area contributed by atoms with Crippen molar-refractivity contribution in [1.29, 1.82) is 0 Å². The van der Waals surface area contributed by atoms with Gasteiger partial charge in [0.1, 0.15) is 5.03 Å². The predicted octanol–water partition coefficient (Wildman–Crippen LogP) is 4.56. The van der Waals surface area contributed by atoms with Crippen LogP contribution < -0.4 is 5.32 Å². The van der Waals surface area contributed by atoms with Gasteiger partial charge in [-0.05, 0) is 71.1 Å². The lowest BCUT2D eigenvalue weighted by atomic mass is 10.1. The Morgan fingerprint density at radius 2 is 2.15 bits per heavy atom. The van der Waals surface area contributed by atoms with Crippen LogP contribution in [-0.4, -0.2) is 11.0 Å². The van der Waals surface area contributed by atoms with Crippen molar-refractivity contribution in [3.63, 3.8) is 0 Å². The number of aromatic nitrogens is 1. The van der Waals surface area contributed by atoms with E-state index in [0.717, 1.165) is 22.1 Å². The highest BCUT2D eigenvalue weighted by atomic mass is 79.9. The molecule has 0 spiro atoms. The maximum absolute atomic E-state index is 4.40. The fourth-order valence-electron chi connectivity index (χ4n) is 2.02. The third kappa shape index (κ3) is 3.84. The van der Waals surface area contributed by atoms with E-state index in [1.807, 2.05) is 18.3 Å². The van der Waals surface area contributed by atoms with E-state index < -0.39 is 0 Å².